The standard InChI is InChI=1S/C12H18F2N2O/c13-11(14)10-2-1-3-12(10,4-5-15)16-6-8-17-9-7-16/h10-11H,1-4,6-9H2. The van der Waals surface area contributed by atoms with Crippen molar-refractivity contribution in [3.05, 3.63) is 0 Å². The van der Waals surface area contributed by atoms with Crippen LogP contribution in [0.25, 0.3) is 0 Å². The zero-order valence-corrected chi connectivity index (χ0v) is 9.87. The van der Waals surface area contributed by atoms with Crippen LogP contribution < -0.4 is 0 Å². The van der Waals surface area contributed by atoms with E-state index in [1.54, 1.807) is 0 Å². The molecule has 1 aliphatic carbocycles. The summed E-state index contributed by atoms with van der Waals surface area (Å²) in [5, 5.41) is 8.97. The molecule has 5 heteroatoms. The summed E-state index contributed by atoms with van der Waals surface area (Å²) in [6, 6.07) is 2.12. The smallest absolute Gasteiger partial charge is 0.243 e. The molecule has 1 saturated carbocycles. The van der Waals surface area contributed by atoms with Gasteiger partial charge in [0.15, 0.2) is 0 Å². The van der Waals surface area contributed by atoms with E-state index in [0.717, 1.165) is 12.8 Å². The number of hydrogen-bond donors (Lipinski definition) is 0. The molecule has 2 atom stereocenters. The molecule has 2 fully saturated rings. The summed E-state index contributed by atoms with van der Waals surface area (Å²) in [7, 11) is 0. The normalized spacial score (nSPS) is 35.1. The van der Waals surface area contributed by atoms with Gasteiger partial charge in [-0.3, -0.25) is 4.90 Å². The van der Waals surface area contributed by atoms with Crippen LogP contribution in [0.1, 0.15) is 25.7 Å². The fourth-order valence-electron chi connectivity index (χ4n) is 3.31. The van der Waals surface area contributed by atoms with E-state index >= 15 is 0 Å². The first-order chi connectivity index (χ1) is 8.20. The lowest BCUT2D eigenvalue weighted by Gasteiger charge is -2.45. The summed E-state index contributed by atoms with van der Waals surface area (Å²) >= 11 is 0. The van der Waals surface area contributed by atoms with Gasteiger partial charge in [-0.05, 0) is 12.8 Å². The van der Waals surface area contributed by atoms with Gasteiger partial charge in [0, 0.05) is 24.5 Å². The largest absolute Gasteiger partial charge is 0.379 e. The third kappa shape index (κ3) is 2.29. The van der Waals surface area contributed by atoms with Gasteiger partial charge in [-0.25, -0.2) is 8.78 Å². The highest BCUT2D eigenvalue weighted by atomic mass is 19.3. The predicted octanol–water partition coefficient (Wildman–Crippen LogP) is 2.04. The second kappa shape index (κ2) is 5.28. The Morgan fingerprint density at radius 3 is 2.71 bits per heavy atom. The SMILES string of the molecule is N#CCC1(N2CCOCC2)CCCC1C(F)F. The average molecular weight is 244 g/mol. The number of morpholine rings is 1. The van der Waals surface area contributed by atoms with Crippen molar-refractivity contribution in [2.24, 2.45) is 5.92 Å². The summed E-state index contributed by atoms with van der Waals surface area (Å²) in [5.41, 5.74) is -0.604. The van der Waals surface area contributed by atoms with Gasteiger partial charge in [-0.2, -0.15) is 5.26 Å². The molecule has 2 aliphatic rings. The van der Waals surface area contributed by atoms with Crippen LogP contribution in [0.15, 0.2) is 0 Å². The number of nitriles is 1. The molecular formula is C12H18F2N2O. The third-order valence-electron chi connectivity index (χ3n) is 4.15. The van der Waals surface area contributed by atoms with Crippen molar-refractivity contribution in [2.45, 2.75) is 37.6 Å². The number of hydrogen-bond acceptors (Lipinski definition) is 3. The lowest BCUT2D eigenvalue weighted by atomic mass is 9.82. The lowest BCUT2D eigenvalue weighted by Crippen LogP contribution is -2.56. The van der Waals surface area contributed by atoms with E-state index in [1.165, 1.54) is 0 Å². The van der Waals surface area contributed by atoms with Crippen molar-refractivity contribution in [2.75, 3.05) is 26.3 Å². The number of alkyl halides is 2. The monoisotopic (exact) mass is 244 g/mol. The number of ether oxygens (including phenoxy) is 1. The van der Waals surface area contributed by atoms with E-state index in [9.17, 15) is 8.78 Å². The van der Waals surface area contributed by atoms with Crippen molar-refractivity contribution in [3.63, 3.8) is 0 Å². The van der Waals surface area contributed by atoms with Gasteiger partial charge in [0.2, 0.25) is 6.43 Å². The highest BCUT2D eigenvalue weighted by molar-refractivity contribution is 5.06. The van der Waals surface area contributed by atoms with Crippen LogP contribution in [-0.4, -0.2) is 43.2 Å². The topological polar surface area (TPSA) is 36.3 Å². The van der Waals surface area contributed by atoms with E-state index in [-0.39, 0.29) is 6.42 Å². The zero-order chi connectivity index (χ0) is 12.3. The molecule has 17 heavy (non-hydrogen) atoms. The quantitative estimate of drug-likeness (QED) is 0.762. The number of halogens is 2. The van der Waals surface area contributed by atoms with Crippen molar-refractivity contribution >= 4 is 0 Å². The molecule has 96 valence electrons. The van der Waals surface area contributed by atoms with Gasteiger partial charge in [-0.1, -0.05) is 6.42 Å². The first-order valence-electron chi connectivity index (χ1n) is 6.18. The van der Waals surface area contributed by atoms with Crippen molar-refractivity contribution in [3.8, 4) is 6.07 Å². The Labute approximate surface area is 100 Å². The van der Waals surface area contributed by atoms with Crippen LogP contribution in [0.2, 0.25) is 0 Å². The molecule has 0 spiro atoms. The Kier molecular flexibility index (Phi) is 3.95. The Morgan fingerprint density at radius 2 is 2.12 bits per heavy atom. The second-order valence-corrected chi connectivity index (χ2v) is 4.87. The maximum atomic E-state index is 13.1. The molecule has 0 aromatic rings. The molecular weight excluding hydrogens is 226 g/mol. The van der Waals surface area contributed by atoms with Crippen molar-refractivity contribution in [1.82, 2.24) is 4.90 Å². The fourth-order valence-corrected chi connectivity index (χ4v) is 3.31. The van der Waals surface area contributed by atoms with E-state index in [4.69, 9.17) is 10.00 Å². The third-order valence-corrected chi connectivity index (χ3v) is 4.15. The van der Waals surface area contributed by atoms with Crippen LogP contribution in [0.4, 0.5) is 8.78 Å². The van der Waals surface area contributed by atoms with Gasteiger partial charge >= 0.3 is 0 Å². The molecule has 1 saturated heterocycles. The lowest BCUT2D eigenvalue weighted by molar-refractivity contribution is -0.0707. The summed E-state index contributed by atoms with van der Waals surface area (Å²) in [6.45, 7) is 2.52. The van der Waals surface area contributed by atoms with E-state index in [2.05, 4.69) is 11.0 Å². The van der Waals surface area contributed by atoms with Crippen LogP contribution in [0.3, 0.4) is 0 Å². The Balaban J connectivity index is 2.21. The van der Waals surface area contributed by atoms with Gasteiger partial charge in [0.1, 0.15) is 0 Å². The van der Waals surface area contributed by atoms with Crippen LogP contribution >= 0.6 is 0 Å². The van der Waals surface area contributed by atoms with Crippen LogP contribution in [0.5, 0.6) is 0 Å². The second-order valence-electron chi connectivity index (χ2n) is 4.87. The minimum Gasteiger partial charge on any atom is -0.379 e. The Morgan fingerprint density at radius 1 is 1.41 bits per heavy atom. The Hall–Kier alpha value is -0.730. The molecule has 0 N–H and O–H groups in total. The zero-order valence-electron chi connectivity index (χ0n) is 9.87. The molecule has 0 aromatic heterocycles. The van der Waals surface area contributed by atoms with Gasteiger partial charge in [0.05, 0.1) is 25.7 Å². The van der Waals surface area contributed by atoms with Crippen molar-refractivity contribution < 1.29 is 13.5 Å². The highest BCUT2D eigenvalue weighted by Crippen LogP contribution is 2.46. The molecule has 0 amide bonds. The molecule has 2 rings (SSSR count). The molecule has 0 aromatic carbocycles. The maximum absolute atomic E-state index is 13.1. The summed E-state index contributed by atoms with van der Waals surface area (Å²) < 4.78 is 31.6. The molecule has 3 nitrogen and oxygen atoms in total. The minimum atomic E-state index is -2.33. The molecule has 1 aliphatic heterocycles. The van der Waals surface area contributed by atoms with Crippen LogP contribution in [-0.2, 0) is 4.74 Å². The molecule has 0 radical (unpaired) electrons. The van der Waals surface area contributed by atoms with Gasteiger partial charge in [0.25, 0.3) is 0 Å². The predicted molar refractivity (Wildman–Crippen MR) is 58.7 cm³/mol. The number of nitrogens with zero attached hydrogens (tertiary/aromatic N) is 2. The first kappa shape index (κ1) is 12.7. The van der Waals surface area contributed by atoms with Gasteiger partial charge < -0.3 is 4.74 Å². The minimum absolute atomic E-state index is 0.210. The van der Waals surface area contributed by atoms with Crippen molar-refractivity contribution in [1.29, 1.82) is 5.26 Å². The molecule has 1 heterocycles. The summed E-state index contributed by atoms with van der Waals surface area (Å²) in [4.78, 5) is 2.07. The molecule has 0 bridgehead atoms. The Bertz CT molecular complexity index is 299. The first-order valence-corrected chi connectivity index (χ1v) is 6.18. The van der Waals surface area contributed by atoms with E-state index in [1.807, 2.05) is 0 Å². The van der Waals surface area contributed by atoms with E-state index < -0.39 is 17.9 Å². The maximum Gasteiger partial charge on any atom is 0.243 e. The summed E-state index contributed by atoms with van der Waals surface area (Å²) in [6.07, 6.45) is -0.0591. The highest BCUT2D eigenvalue weighted by Gasteiger charge is 2.51. The summed E-state index contributed by atoms with van der Waals surface area (Å²) in [5.74, 6) is -0.653. The van der Waals surface area contributed by atoms with Gasteiger partial charge in [-0.15, -0.1) is 0 Å². The van der Waals surface area contributed by atoms with Crippen LogP contribution in [0, 0.1) is 17.2 Å². The average Bonchev–Trinajstić information content (AvgIpc) is 2.76. The van der Waals surface area contributed by atoms with E-state index in [0.29, 0.717) is 32.7 Å². The fraction of sp³-hybridized carbons (Fsp3) is 0.917. The number of rotatable bonds is 3. The molecule has 2 unspecified atom stereocenters.